The Morgan fingerprint density at radius 3 is 2.68 bits per heavy atom. The molecule has 3 heterocycles. The molecule has 4 aromatic rings. The maximum Gasteiger partial charge on any atom is 0.416 e. The van der Waals surface area contributed by atoms with Crippen molar-refractivity contribution in [2.45, 2.75) is 25.9 Å². The van der Waals surface area contributed by atoms with Gasteiger partial charge in [-0.25, -0.2) is 15.0 Å². The second-order valence-corrected chi connectivity index (χ2v) is 8.69. The lowest BCUT2D eigenvalue weighted by Gasteiger charge is -2.16. The Morgan fingerprint density at radius 1 is 1.05 bits per heavy atom. The van der Waals surface area contributed by atoms with Crippen LogP contribution >= 0.6 is 0 Å². The molecule has 0 radical (unpaired) electrons. The van der Waals surface area contributed by atoms with Gasteiger partial charge < -0.3 is 15.0 Å². The normalized spacial score (nSPS) is 14.2. The van der Waals surface area contributed by atoms with Gasteiger partial charge in [-0.15, -0.1) is 0 Å². The van der Waals surface area contributed by atoms with E-state index in [1.54, 1.807) is 30.3 Å². The summed E-state index contributed by atoms with van der Waals surface area (Å²) in [5.41, 5.74) is 1.94. The highest BCUT2D eigenvalue weighted by Gasteiger charge is 2.30. The van der Waals surface area contributed by atoms with E-state index in [-0.39, 0.29) is 11.3 Å². The van der Waals surface area contributed by atoms with Crippen molar-refractivity contribution >= 4 is 22.5 Å². The van der Waals surface area contributed by atoms with Gasteiger partial charge in [0, 0.05) is 47.8 Å². The Balaban J connectivity index is 1.39. The molecule has 1 aliphatic heterocycles. The molecule has 0 saturated heterocycles. The molecule has 0 bridgehead atoms. The smallest absolute Gasteiger partial charge is 0.416 e. The van der Waals surface area contributed by atoms with Gasteiger partial charge in [-0.2, -0.15) is 13.2 Å². The Morgan fingerprint density at radius 2 is 1.86 bits per heavy atom. The number of likely N-dealkylation sites (N-methyl/N-ethyl adjacent to an activating group) is 1. The summed E-state index contributed by atoms with van der Waals surface area (Å²) in [7, 11) is 0. The van der Waals surface area contributed by atoms with Crippen LogP contribution in [0.3, 0.4) is 0 Å². The minimum Gasteiger partial charge on any atom is -0.420 e. The molecule has 1 N–H and O–H groups in total. The van der Waals surface area contributed by atoms with E-state index in [0.29, 0.717) is 22.7 Å². The fourth-order valence-electron chi connectivity index (χ4n) is 4.41. The zero-order chi connectivity index (χ0) is 26.0. The van der Waals surface area contributed by atoms with Gasteiger partial charge in [-0.1, -0.05) is 19.1 Å². The molecule has 190 valence electrons. The van der Waals surface area contributed by atoms with Gasteiger partial charge >= 0.3 is 6.18 Å². The minimum atomic E-state index is -4.50. The highest BCUT2D eigenvalue weighted by molar-refractivity contribution is 6.12. The lowest BCUT2D eigenvalue weighted by atomic mass is 10.1. The fraction of sp³-hybridized carbons (Fsp3) is 0.259. The van der Waals surface area contributed by atoms with Crippen LogP contribution in [-0.4, -0.2) is 45.4 Å². The standard InChI is InChI=1S/C27H24F3N5O2/c1-2-35-13-11-21-22(12-14-35)31-16-32-26(21)37-24-10-9-19-20(7-4-8-23(19)34-24)25(36)33-18-6-3-5-17(15-18)27(28,29)30/h3-10,15-16H,2,11-14H2,1H3,(H,33,36). The highest BCUT2D eigenvalue weighted by atomic mass is 19.4. The molecule has 2 aromatic carbocycles. The van der Waals surface area contributed by atoms with E-state index < -0.39 is 17.6 Å². The van der Waals surface area contributed by atoms with E-state index in [1.165, 1.54) is 18.5 Å². The van der Waals surface area contributed by atoms with Crippen LogP contribution in [0.2, 0.25) is 0 Å². The number of rotatable bonds is 5. The largest absolute Gasteiger partial charge is 0.420 e. The van der Waals surface area contributed by atoms with Crippen LogP contribution in [0, 0.1) is 0 Å². The van der Waals surface area contributed by atoms with E-state index in [1.807, 2.05) is 0 Å². The molecule has 1 aliphatic rings. The number of pyridine rings is 1. The first kappa shape index (κ1) is 24.6. The van der Waals surface area contributed by atoms with Gasteiger partial charge in [-0.3, -0.25) is 4.79 Å². The van der Waals surface area contributed by atoms with Gasteiger partial charge in [0.1, 0.15) is 6.33 Å². The first-order valence-corrected chi connectivity index (χ1v) is 11.9. The molecule has 5 rings (SSSR count). The maximum atomic E-state index is 13.0. The lowest BCUT2D eigenvalue weighted by Crippen LogP contribution is -2.25. The van der Waals surface area contributed by atoms with Crippen molar-refractivity contribution in [2.75, 3.05) is 25.0 Å². The second kappa shape index (κ2) is 10.1. The molecule has 0 fully saturated rings. The molecule has 2 aromatic heterocycles. The van der Waals surface area contributed by atoms with E-state index in [0.717, 1.165) is 55.9 Å². The summed E-state index contributed by atoms with van der Waals surface area (Å²) < 4.78 is 45.2. The number of alkyl halides is 3. The van der Waals surface area contributed by atoms with E-state index in [2.05, 4.69) is 32.1 Å². The summed E-state index contributed by atoms with van der Waals surface area (Å²) >= 11 is 0. The van der Waals surface area contributed by atoms with Crippen LogP contribution in [-0.2, 0) is 19.0 Å². The SMILES string of the molecule is CCN1CCc2ncnc(Oc3ccc4c(C(=O)Nc5cccc(C(F)(F)F)c5)cccc4n3)c2CC1. The monoisotopic (exact) mass is 507 g/mol. The summed E-state index contributed by atoms with van der Waals surface area (Å²) in [5, 5.41) is 3.09. The third kappa shape index (κ3) is 5.39. The zero-order valence-electron chi connectivity index (χ0n) is 20.0. The number of ether oxygens (including phenoxy) is 1. The summed E-state index contributed by atoms with van der Waals surface area (Å²) in [6, 6.07) is 12.9. The lowest BCUT2D eigenvalue weighted by molar-refractivity contribution is -0.137. The zero-order valence-corrected chi connectivity index (χ0v) is 20.0. The number of fused-ring (bicyclic) bond motifs is 2. The predicted molar refractivity (Wildman–Crippen MR) is 133 cm³/mol. The molecule has 37 heavy (non-hydrogen) atoms. The first-order valence-electron chi connectivity index (χ1n) is 11.9. The average molecular weight is 508 g/mol. The third-order valence-electron chi connectivity index (χ3n) is 6.39. The number of nitrogens with one attached hydrogen (secondary N) is 1. The number of benzene rings is 2. The molecule has 0 aliphatic carbocycles. The first-order chi connectivity index (χ1) is 17.8. The molecule has 0 unspecified atom stereocenters. The van der Waals surface area contributed by atoms with Gasteiger partial charge in [0.25, 0.3) is 5.91 Å². The minimum absolute atomic E-state index is 0.0517. The Kier molecular flexibility index (Phi) is 6.75. The quantitative estimate of drug-likeness (QED) is 0.384. The van der Waals surface area contributed by atoms with Crippen LogP contribution in [0.25, 0.3) is 10.9 Å². The van der Waals surface area contributed by atoms with Crippen molar-refractivity contribution in [3.05, 3.63) is 83.3 Å². The number of anilines is 1. The van der Waals surface area contributed by atoms with Gasteiger partial charge in [-0.05, 0) is 49.4 Å². The fourth-order valence-corrected chi connectivity index (χ4v) is 4.41. The molecular formula is C27H24F3N5O2. The van der Waals surface area contributed by atoms with Gasteiger partial charge in [0.05, 0.1) is 16.8 Å². The Bertz CT molecular complexity index is 1460. The number of hydrogen-bond acceptors (Lipinski definition) is 6. The van der Waals surface area contributed by atoms with E-state index in [9.17, 15) is 18.0 Å². The molecule has 7 nitrogen and oxygen atoms in total. The van der Waals surface area contributed by atoms with Crippen LogP contribution < -0.4 is 10.1 Å². The topological polar surface area (TPSA) is 80.2 Å². The van der Waals surface area contributed by atoms with Crippen molar-refractivity contribution in [3.63, 3.8) is 0 Å². The molecule has 0 saturated carbocycles. The number of carbonyl (C=O) groups excluding carboxylic acids is 1. The van der Waals surface area contributed by atoms with E-state index >= 15 is 0 Å². The molecule has 0 spiro atoms. The second-order valence-electron chi connectivity index (χ2n) is 8.69. The van der Waals surface area contributed by atoms with Crippen LogP contribution in [0.1, 0.15) is 34.1 Å². The van der Waals surface area contributed by atoms with Crippen LogP contribution in [0.15, 0.2) is 60.9 Å². The summed E-state index contributed by atoms with van der Waals surface area (Å²) in [4.78, 5) is 28.6. The van der Waals surface area contributed by atoms with Crippen molar-refractivity contribution in [1.29, 1.82) is 0 Å². The van der Waals surface area contributed by atoms with Crippen LogP contribution in [0.4, 0.5) is 18.9 Å². The number of nitrogens with zero attached hydrogens (tertiary/aromatic N) is 4. The highest BCUT2D eigenvalue weighted by Crippen LogP contribution is 2.31. The average Bonchev–Trinajstić information content (AvgIpc) is 3.11. The number of carbonyl (C=O) groups is 1. The maximum absolute atomic E-state index is 13.0. The molecular weight excluding hydrogens is 483 g/mol. The predicted octanol–water partition coefficient (Wildman–Crippen LogP) is 5.51. The molecule has 1 amide bonds. The van der Waals surface area contributed by atoms with Gasteiger partial charge in [0.2, 0.25) is 11.8 Å². The van der Waals surface area contributed by atoms with Crippen LogP contribution in [0.5, 0.6) is 11.8 Å². The number of hydrogen-bond donors (Lipinski definition) is 1. The number of halogens is 3. The Labute approximate surface area is 211 Å². The summed E-state index contributed by atoms with van der Waals surface area (Å²) in [6.45, 7) is 4.92. The van der Waals surface area contributed by atoms with E-state index in [4.69, 9.17) is 4.74 Å². The summed E-state index contributed by atoms with van der Waals surface area (Å²) in [6.07, 6.45) is -1.42. The number of aromatic nitrogens is 3. The van der Waals surface area contributed by atoms with Gasteiger partial charge in [0.15, 0.2) is 0 Å². The number of amides is 1. The molecule has 0 atom stereocenters. The van der Waals surface area contributed by atoms with Crippen molar-refractivity contribution < 1.29 is 22.7 Å². The van der Waals surface area contributed by atoms with Crippen molar-refractivity contribution in [2.24, 2.45) is 0 Å². The van der Waals surface area contributed by atoms with Crippen molar-refractivity contribution in [3.8, 4) is 11.8 Å². The third-order valence-corrected chi connectivity index (χ3v) is 6.39. The molecule has 10 heteroatoms. The van der Waals surface area contributed by atoms with Crippen molar-refractivity contribution in [1.82, 2.24) is 19.9 Å². The summed E-state index contributed by atoms with van der Waals surface area (Å²) in [5.74, 6) is 0.246. The Hall–Kier alpha value is -4.05.